The van der Waals surface area contributed by atoms with Crippen molar-refractivity contribution in [1.82, 2.24) is 5.32 Å². The highest BCUT2D eigenvalue weighted by atomic mass is 16.5. The lowest BCUT2D eigenvalue weighted by atomic mass is 10.0. The number of hydrogen-bond donors (Lipinski definition) is 1. The first-order chi connectivity index (χ1) is 9.70. The Balaban J connectivity index is 2.02. The molecule has 1 saturated heterocycles. The summed E-state index contributed by atoms with van der Waals surface area (Å²) in [5.74, 6) is 0.997. The standard InChI is InChI=1S/C17H27NO2/c1-4-9-18-14(3)16-8-7-13(2)11-17(16)20-12-15-6-5-10-19-15/h7-8,11,14-15,18H,4-6,9-10,12H2,1-3H3. The zero-order valence-electron chi connectivity index (χ0n) is 12.9. The second-order valence-electron chi connectivity index (χ2n) is 5.66. The largest absolute Gasteiger partial charge is 0.491 e. The Hall–Kier alpha value is -1.06. The molecular formula is C17H27NO2. The summed E-state index contributed by atoms with van der Waals surface area (Å²) in [6.45, 7) is 9.05. The highest BCUT2D eigenvalue weighted by molar-refractivity contribution is 5.39. The first kappa shape index (κ1) is 15.3. The molecule has 0 spiro atoms. The Labute approximate surface area is 122 Å². The zero-order valence-corrected chi connectivity index (χ0v) is 12.9. The first-order valence-electron chi connectivity index (χ1n) is 7.79. The van der Waals surface area contributed by atoms with Gasteiger partial charge in [-0.25, -0.2) is 0 Å². The summed E-state index contributed by atoms with van der Waals surface area (Å²) in [6, 6.07) is 6.77. The van der Waals surface area contributed by atoms with Gasteiger partial charge in [0.1, 0.15) is 12.4 Å². The van der Waals surface area contributed by atoms with E-state index < -0.39 is 0 Å². The fraction of sp³-hybridized carbons (Fsp3) is 0.647. The van der Waals surface area contributed by atoms with E-state index in [2.05, 4.69) is 44.3 Å². The third-order valence-electron chi connectivity index (χ3n) is 3.78. The van der Waals surface area contributed by atoms with Crippen molar-refractivity contribution in [2.45, 2.75) is 52.2 Å². The molecule has 0 amide bonds. The normalized spacial score (nSPS) is 20.1. The molecule has 2 rings (SSSR count). The van der Waals surface area contributed by atoms with Crippen LogP contribution in [-0.2, 0) is 4.74 Å². The maximum atomic E-state index is 6.04. The SMILES string of the molecule is CCCNC(C)c1ccc(C)cc1OCC1CCCO1. The molecule has 0 bridgehead atoms. The van der Waals surface area contributed by atoms with E-state index >= 15 is 0 Å². The molecule has 0 aliphatic carbocycles. The van der Waals surface area contributed by atoms with E-state index in [1.807, 2.05) is 0 Å². The molecule has 1 aromatic rings. The second kappa shape index (κ2) is 7.65. The van der Waals surface area contributed by atoms with Gasteiger partial charge in [0.05, 0.1) is 6.10 Å². The fourth-order valence-electron chi connectivity index (χ4n) is 2.55. The monoisotopic (exact) mass is 277 g/mol. The van der Waals surface area contributed by atoms with Gasteiger partial charge in [-0.1, -0.05) is 19.1 Å². The van der Waals surface area contributed by atoms with Crippen LogP contribution in [0.15, 0.2) is 18.2 Å². The number of nitrogens with one attached hydrogen (secondary N) is 1. The number of rotatable bonds is 7. The molecule has 2 unspecified atom stereocenters. The van der Waals surface area contributed by atoms with Gasteiger partial charge in [-0.15, -0.1) is 0 Å². The zero-order chi connectivity index (χ0) is 14.4. The van der Waals surface area contributed by atoms with Crippen molar-refractivity contribution in [2.75, 3.05) is 19.8 Å². The van der Waals surface area contributed by atoms with Gasteiger partial charge in [-0.05, 0) is 51.3 Å². The molecule has 0 saturated carbocycles. The minimum absolute atomic E-state index is 0.266. The summed E-state index contributed by atoms with van der Waals surface area (Å²) < 4.78 is 11.7. The summed E-state index contributed by atoms with van der Waals surface area (Å²) >= 11 is 0. The smallest absolute Gasteiger partial charge is 0.124 e. The van der Waals surface area contributed by atoms with Crippen LogP contribution in [0.2, 0.25) is 0 Å². The van der Waals surface area contributed by atoms with Crippen LogP contribution in [0.25, 0.3) is 0 Å². The minimum Gasteiger partial charge on any atom is -0.491 e. The quantitative estimate of drug-likeness (QED) is 0.826. The average molecular weight is 277 g/mol. The van der Waals surface area contributed by atoms with Crippen molar-refractivity contribution in [3.8, 4) is 5.75 Å². The lowest BCUT2D eigenvalue weighted by Gasteiger charge is -2.20. The summed E-state index contributed by atoms with van der Waals surface area (Å²) in [5, 5.41) is 3.53. The molecule has 112 valence electrons. The molecule has 20 heavy (non-hydrogen) atoms. The maximum absolute atomic E-state index is 6.04. The Morgan fingerprint density at radius 3 is 3.00 bits per heavy atom. The topological polar surface area (TPSA) is 30.5 Å². The average Bonchev–Trinajstić information content (AvgIpc) is 2.96. The summed E-state index contributed by atoms with van der Waals surface area (Å²) in [5.41, 5.74) is 2.47. The van der Waals surface area contributed by atoms with Crippen LogP contribution >= 0.6 is 0 Å². The minimum atomic E-state index is 0.266. The summed E-state index contributed by atoms with van der Waals surface area (Å²) in [6.07, 6.45) is 3.68. The summed E-state index contributed by atoms with van der Waals surface area (Å²) in [7, 11) is 0. The molecule has 1 N–H and O–H groups in total. The van der Waals surface area contributed by atoms with Crippen molar-refractivity contribution in [2.24, 2.45) is 0 Å². The maximum Gasteiger partial charge on any atom is 0.124 e. The van der Waals surface area contributed by atoms with Gasteiger partial charge in [-0.2, -0.15) is 0 Å². The molecule has 1 fully saturated rings. The number of benzene rings is 1. The third-order valence-corrected chi connectivity index (χ3v) is 3.78. The molecule has 1 aliphatic heterocycles. The molecule has 1 heterocycles. The van der Waals surface area contributed by atoms with Crippen molar-refractivity contribution < 1.29 is 9.47 Å². The predicted molar refractivity (Wildman–Crippen MR) is 82.4 cm³/mol. The molecular weight excluding hydrogens is 250 g/mol. The van der Waals surface area contributed by atoms with Crippen molar-refractivity contribution >= 4 is 0 Å². The van der Waals surface area contributed by atoms with E-state index in [-0.39, 0.29) is 6.10 Å². The number of hydrogen-bond acceptors (Lipinski definition) is 3. The molecule has 0 radical (unpaired) electrons. The second-order valence-corrected chi connectivity index (χ2v) is 5.66. The van der Waals surface area contributed by atoms with Crippen LogP contribution < -0.4 is 10.1 Å². The van der Waals surface area contributed by atoms with Crippen LogP contribution in [0.3, 0.4) is 0 Å². The Morgan fingerprint density at radius 2 is 2.30 bits per heavy atom. The molecule has 0 aromatic heterocycles. The predicted octanol–water partition coefficient (Wildman–Crippen LogP) is 3.61. The molecule has 3 nitrogen and oxygen atoms in total. The number of ether oxygens (including phenoxy) is 2. The molecule has 1 aromatic carbocycles. The van der Waals surface area contributed by atoms with Gasteiger partial charge < -0.3 is 14.8 Å². The van der Waals surface area contributed by atoms with E-state index in [9.17, 15) is 0 Å². The Morgan fingerprint density at radius 1 is 1.45 bits per heavy atom. The fourth-order valence-corrected chi connectivity index (χ4v) is 2.55. The highest BCUT2D eigenvalue weighted by Gasteiger charge is 2.18. The highest BCUT2D eigenvalue weighted by Crippen LogP contribution is 2.27. The van der Waals surface area contributed by atoms with E-state index in [0.29, 0.717) is 12.6 Å². The van der Waals surface area contributed by atoms with Crippen molar-refractivity contribution in [1.29, 1.82) is 0 Å². The van der Waals surface area contributed by atoms with Gasteiger partial charge in [0, 0.05) is 18.2 Å². The third kappa shape index (κ3) is 4.22. The Kier molecular flexibility index (Phi) is 5.86. The lowest BCUT2D eigenvalue weighted by molar-refractivity contribution is 0.0674. The first-order valence-corrected chi connectivity index (χ1v) is 7.79. The van der Waals surface area contributed by atoms with Crippen molar-refractivity contribution in [3.05, 3.63) is 29.3 Å². The van der Waals surface area contributed by atoms with Gasteiger partial charge in [-0.3, -0.25) is 0 Å². The number of aryl methyl sites for hydroxylation is 1. The van der Waals surface area contributed by atoms with Gasteiger partial charge in [0.2, 0.25) is 0 Å². The van der Waals surface area contributed by atoms with Crippen LogP contribution in [0.1, 0.15) is 50.3 Å². The van der Waals surface area contributed by atoms with Crippen LogP contribution in [0, 0.1) is 6.92 Å². The van der Waals surface area contributed by atoms with E-state index in [1.165, 1.54) is 11.1 Å². The molecule has 3 heteroatoms. The molecule has 1 aliphatic rings. The van der Waals surface area contributed by atoms with E-state index in [4.69, 9.17) is 9.47 Å². The van der Waals surface area contributed by atoms with Crippen molar-refractivity contribution in [3.63, 3.8) is 0 Å². The van der Waals surface area contributed by atoms with E-state index in [1.54, 1.807) is 0 Å². The Bertz CT molecular complexity index is 413. The summed E-state index contributed by atoms with van der Waals surface area (Å²) in [4.78, 5) is 0. The van der Waals surface area contributed by atoms with Gasteiger partial charge >= 0.3 is 0 Å². The lowest BCUT2D eigenvalue weighted by Crippen LogP contribution is -2.21. The van der Waals surface area contributed by atoms with Crippen LogP contribution in [-0.4, -0.2) is 25.9 Å². The van der Waals surface area contributed by atoms with Gasteiger partial charge in [0.15, 0.2) is 0 Å². The van der Waals surface area contributed by atoms with Crippen LogP contribution in [0.4, 0.5) is 0 Å². The molecule has 2 atom stereocenters. The van der Waals surface area contributed by atoms with Gasteiger partial charge in [0.25, 0.3) is 0 Å². The van der Waals surface area contributed by atoms with Crippen LogP contribution in [0.5, 0.6) is 5.75 Å². The van der Waals surface area contributed by atoms with E-state index in [0.717, 1.165) is 38.2 Å².